The molecule has 1 aromatic carbocycles. The molecule has 1 fully saturated rings. The Morgan fingerprint density at radius 2 is 2.04 bits per heavy atom. The highest BCUT2D eigenvalue weighted by Gasteiger charge is 2.20. The molecule has 3 rings (SSSR count). The molecule has 0 bridgehead atoms. The van der Waals surface area contributed by atoms with Crippen LogP contribution in [0.1, 0.15) is 29.6 Å². The summed E-state index contributed by atoms with van der Waals surface area (Å²) in [5, 5.41) is 3.42. The van der Waals surface area contributed by atoms with Crippen LogP contribution < -0.4 is 15.0 Å². The molecule has 0 aliphatic carbocycles. The van der Waals surface area contributed by atoms with Crippen LogP contribution in [0.2, 0.25) is 5.02 Å². The first-order chi connectivity index (χ1) is 11.7. The van der Waals surface area contributed by atoms with E-state index in [2.05, 4.69) is 15.2 Å². The number of hydrogen-bond acceptors (Lipinski definition) is 4. The first kappa shape index (κ1) is 16.6. The summed E-state index contributed by atoms with van der Waals surface area (Å²) < 4.78 is 5.28. The molecule has 0 spiro atoms. The number of nitrogens with zero attached hydrogens (tertiary/aromatic N) is 2. The Labute approximate surface area is 146 Å². The molecule has 6 heteroatoms. The summed E-state index contributed by atoms with van der Waals surface area (Å²) in [5.74, 6) is 1.08. The van der Waals surface area contributed by atoms with Gasteiger partial charge in [0.25, 0.3) is 5.91 Å². The smallest absolute Gasteiger partial charge is 0.259 e. The number of ether oxygens (including phenoxy) is 1. The number of aromatic nitrogens is 1. The minimum atomic E-state index is -0.218. The molecule has 24 heavy (non-hydrogen) atoms. The summed E-state index contributed by atoms with van der Waals surface area (Å²) in [6, 6.07) is 8.70. The number of halogens is 1. The molecule has 1 aromatic heterocycles. The molecular weight excluding hydrogens is 326 g/mol. The van der Waals surface area contributed by atoms with E-state index >= 15 is 0 Å². The predicted octanol–water partition coefficient (Wildman–Crippen LogP) is 3.99. The quantitative estimate of drug-likeness (QED) is 0.910. The normalized spacial score (nSPS) is 14.3. The topological polar surface area (TPSA) is 54.5 Å². The molecule has 2 aromatic rings. The Hall–Kier alpha value is -2.27. The van der Waals surface area contributed by atoms with Crippen molar-refractivity contribution in [2.24, 2.45) is 0 Å². The molecule has 0 atom stereocenters. The second kappa shape index (κ2) is 7.53. The maximum Gasteiger partial charge on any atom is 0.259 e. The van der Waals surface area contributed by atoms with E-state index in [1.54, 1.807) is 43.6 Å². The van der Waals surface area contributed by atoms with Crippen molar-refractivity contribution in [3.05, 3.63) is 47.1 Å². The number of rotatable bonds is 4. The van der Waals surface area contributed by atoms with Gasteiger partial charge >= 0.3 is 0 Å². The molecule has 1 aliphatic rings. The largest absolute Gasteiger partial charge is 0.495 e. The second-order valence-corrected chi connectivity index (χ2v) is 6.16. The third kappa shape index (κ3) is 3.62. The van der Waals surface area contributed by atoms with Gasteiger partial charge in [0.1, 0.15) is 11.6 Å². The van der Waals surface area contributed by atoms with Gasteiger partial charge in [-0.05, 0) is 49.6 Å². The number of methoxy groups -OCH3 is 1. The number of benzene rings is 1. The molecule has 0 saturated carbocycles. The van der Waals surface area contributed by atoms with Crippen molar-refractivity contribution in [1.29, 1.82) is 0 Å². The highest BCUT2D eigenvalue weighted by Crippen LogP contribution is 2.29. The zero-order valence-corrected chi connectivity index (χ0v) is 14.3. The van der Waals surface area contributed by atoms with Crippen molar-refractivity contribution in [3.63, 3.8) is 0 Å². The summed E-state index contributed by atoms with van der Waals surface area (Å²) in [7, 11) is 1.56. The van der Waals surface area contributed by atoms with Crippen LogP contribution >= 0.6 is 11.6 Å². The number of carbonyl (C=O) groups excluding carboxylic acids is 1. The highest BCUT2D eigenvalue weighted by atomic mass is 35.5. The van der Waals surface area contributed by atoms with Crippen LogP contribution in [0, 0.1) is 0 Å². The fourth-order valence-corrected chi connectivity index (χ4v) is 3.07. The predicted molar refractivity (Wildman–Crippen MR) is 96.3 cm³/mol. The summed E-state index contributed by atoms with van der Waals surface area (Å²) in [5.41, 5.74) is 1.10. The Kier molecular flexibility index (Phi) is 5.20. The third-order valence-corrected chi connectivity index (χ3v) is 4.33. The van der Waals surface area contributed by atoms with E-state index in [-0.39, 0.29) is 5.91 Å². The average molecular weight is 346 g/mol. The van der Waals surface area contributed by atoms with Crippen molar-refractivity contribution in [2.45, 2.75) is 19.3 Å². The van der Waals surface area contributed by atoms with Crippen LogP contribution in [-0.4, -0.2) is 31.1 Å². The maximum atomic E-state index is 12.8. The van der Waals surface area contributed by atoms with Gasteiger partial charge in [-0.3, -0.25) is 4.79 Å². The minimum Gasteiger partial charge on any atom is -0.495 e. The lowest BCUT2D eigenvalue weighted by molar-refractivity contribution is 0.102. The number of piperidine rings is 1. The number of pyridine rings is 1. The van der Waals surface area contributed by atoms with E-state index in [1.807, 2.05) is 0 Å². The summed E-state index contributed by atoms with van der Waals surface area (Å²) in [6.07, 6.45) is 5.20. The van der Waals surface area contributed by atoms with Gasteiger partial charge in [-0.2, -0.15) is 0 Å². The monoisotopic (exact) mass is 345 g/mol. The highest BCUT2D eigenvalue weighted by molar-refractivity contribution is 6.31. The van der Waals surface area contributed by atoms with E-state index < -0.39 is 0 Å². The third-order valence-electron chi connectivity index (χ3n) is 4.10. The lowest BCUT2D eigenvalue weighted by atomic mass is 10.1. The van der Waals surface area contributed by atoms with E-state index in [0.29, 0.717) is 22.0 Å². The van der Waals surface area contributed by atoms with Gasteiger partial charge in [-0.1, -0.05) is 11.6 Å². The number of carbonyl (C=O) groups is 1. The molecule has 5 nitrogen and oxygen atoms in total. The van der Waals surface area contributed by atoms with E-state index in [9.17, 15) is 4.79 Å². The first-order valence-electron chi connectivity index (χ1n) is 8.04. The first-order valence-corrected chi connectivity index (χ1v) is 8.41. The lowest BCUT2D eigenvalue weighted by Gasteiger charge is -2.29. The number of amides is 1. The van der Waals surface area contributed by atoms with E-state index in [1.165, 1.54) is 6.42 Å². The fraction of sp³-hybridized carbons (Fsp3) is 0.333. The summed E-state index contributed by atoms with van der Waals surface area (Å²) in [6.45, 7) is 1.86. The van der Waals surface area contributed by atoms with Crippen LogP contribution in [0.5, 0.6) is 5.75 Å². The lowest BCUT2D eigenvalue weighted by Crippen LogP contribution is -2.32. The standard InChI is InChI=1S/C18H20ClN3O2/c1-24-16-8-7-13(19)12-15(16)21-18(23)14-6-5-9-20-17(14)22-10-3-2-4-11-22/h5-9,12H,2-4,10-11H2,1H3,(H,21,23). The van der Waals surface area contributed by atoms with Gasteiger partial charge in [0.2, 0.25) is 0 Å². The van der Waals surface area contributed by atoms with Crippen LogP contribution in [0.3, 0.4) is 0 Å². The summed E-state index contributed by atoms with van der Waals surface area (Å²) >= 11 is 6.03. The molecule has 1 saturated heterocycles. The van der Waals surface area contributed by atoms with Crippen molar-refractivity contribution in [3.8, 4) is 5.75 Å². The van der Waals surface area contributed by atoms with Gasteiger partial charge in [0, 0.05) is 24.3 Å². The fourth-order valence-electron chi connectivity index (χ4n) is 2.90. The average Bonchev–Trinajstić information content (AvgIpc) is 2.62. The van der Waals surface area contributed by atoms with E-state index in [0.717, 1.165) is 31.7 Å². The number of nitrogens with one attached hydrogen (secondary N) is 1. The van der Waals surface area contributed by atoms with Gasteiger partial charge < -0.3 is 15.0 Å². The van der Waals surface area contributed by atoms with E-state index in [4.69, 9.17) is 16.3 Å². The minimum absolute atomic E-state index is 0.218. The van der Waals surface area contributed by atoms with Gasteiger partial charge in [-0.25, -0.2) is 4.98 Å². The molecule has 126 valence electrons. The van der Waals surface area contributed by atoms with Crippen LogP contribution in [-0.2, 0) is 0 Å². The van der Waals surface area contributed by atoms with Gasteiger partial charge in [0.15, 0.2) is 0 Å². The van der Waals surface area contributed by atoms with Crippen LogP contribution in [0.4, 0.5) is 11.5 Å². The van der Waals surface area contributed by atoms with Gasteiger partial charge in [-0.15, -0.1) is 0 Å². The number of anilines is 2. The Morgan fingerprint density at radius 3 is 2.79 bits per heavy atom. The SMILES string of the molecule is COc1ccc(Cl)cc1NC(=O)c1cccnc1N1CCCCC1. The molecule has 1 N–H and O–H groups in total. The molecule has 1 amide bonds. The molecule has 1 aliphatic heterocycles. The second-order valence-electron chi connectivity index (χ2n) is 5.72. The van der Waals surface area contributed by atoms with Crippen molar-refractivity contribution in [2.75, 3.05) is 30.4 Å². The molecule has 2 heterocycles. The Morgan fingerprint density at radius 1 is 1.25 bits per heavy atom. The zero-order valence-electron chi connectivity index (χ0n) is 13.6. The Bertz CT molecular complexity index is 730. The maximum absolute atomic E-state index is 12.8. The number of hydrogen-bond donors (Lipinski definition) is 1. The van der Waals surface area contributed by atoms with Crippen molar-refractivity contribution < 1.29 is 9.53 Å². The van der Waals surface area contributed by atoms with Crippen LogP contribution in [0.15, 0.2) is 36.5 Å². The zero-order chi connectivity index (χ0) is 16.9. The van der Waals surface area contributed by atoms with Gasteiger partial charge in [0.05, 0.1) is 18.4 Å². The van der Waals surface area contributed by atoms with Crippen LogP contribution in [0.25, 0.3) is 0 Å². The van der Waals surface area contributed by atoms with Crippen molar-refractivity contribution in [1.82, 2.24) is 4.98 Å². The molecular formula is C18H20ClN3O2. The summed E-state index contributed by atoms with van der Waals surface area (Å²) in [4.78, 5) is 19.4. The van der Waals surface area contributed by atoms with Crippen molar-refractivity contribution >= 4 is 29.0 Å². The molecule has 0 radical (unpaired) electrons. The Balaban J connectivity index is 1.87. The molecule has 0 unspecified atom stereocenters.